The average Bonchev–Trinajstić information content (AvgIpc) is 2.46. The highest BCUT2D eigenvalue weighted by molar-refractivity contribution is 7.98. The summed E-state index contributed by atoms with van der Waals surface area (Å²) in [5.41, 5.74) is 1.72. The van der Waals surface area contributed by atoms with Crippen molar-refractivity contribution in [1.82, 2.24) is 9.97 Å². The minimum Gasteiger partial charge on any atom is -0.310 e. The lowest BCUT2D eigenvalue weighted by Crippen LogP contribution is -2.22. The van der Waals surface area contributed by atoms with Crippen molar-refractivity contribution in [2.45, 2.75) is 36.3 Å². The summed E-state index contributed by atoms with van der Waals surface area (Å²) in [6.45, 7) is 0. The predicted octanol–water partition coefficient (Wildman–Crippen LogP) is 3.08. The Hall–Kier alpha value is -1.62. The molecule has 1 aliphatic carbocycles. The third-order valence-corrected chi connectivity index (χ3v) is 4.50. The highest BCUT2D eigenvalue weighted by Crippen LogP contribution is 2.24. The Bertz CT molecular complexity index is 684. The molecule has 0 saturated carbocycles. The van der Waals surface area contributed by atoms with Crippen LogP contribution in [0.5, 0.6) is 0 Å². The number of thioether (sulfide) groups is 1. The second kappa shape index (κ2) is 5.79. The fraction of sp³-hybridized carbons (Fsp3) is 0.333. The second-order valence-corrected chi connectivity index (χ2v) is 5.88. The molecule has 0 aliphatic heterocycles. The van der Waals surface area contributed by atoms with Gasteiger partial charge in [0.25, 0.3) is 5.56 Å². The van der Waals surface area contributed by atoms with E-state index in [0.717, 1.165) is 36.9 Å². The van der Waals surface area contributed by atoms with Crippen LogP contribution in [0.25, 0.3) is 0 Å². The zero-order valence-electron chi connectivity index (χ0n) is 11.0. The van der Waals surface area contributed by atoms with Crippen molar-refractivity contribution in [3.63, 3.8) is 0 Å². The van der Waals surface area contributed by atoms with E-state index in [9.17, 15) is 9.18 Å². The number of hydrogen-bond acceptors (Lipinski definition) is 3. The number of aryl methyl sites for hydroxylation is 1. The maximum atomic E-state index is 13.5. The molecule has 1 aliphatic rings. The van der Waals surface area contributed by atoms with Gasteiger partial charge in [-0.15, -0.1) is 11.8 Å². The molecule has 20 heavy (non-hydrogen) atoms. The molecule has 1 heterocycles. The van der Waals surface area contributed by atoms with E-state index in [2.05, 4.69) is 9.97 Å². The summed E-state index contributed by atoms with van der Waals surface area (Å²) in [6, 6.07) is 6.63. The summed E-state index contributed by atoms with van der Waals surface area (Å²) < 4.78 is 13.5. The summed E-state index contributed by atoms with van der Waals surface area (Å²) in [7, 11) is 0. The number of aromatic amines is 1. The van der Waals surface area contributed by atoms with Gasteiger partial charge in [0.05, 0.1) is 11.4 Å². The van der Waals surface area contributed by atoms with Crippen LogP contribution in [0.3, 0.4) is 0 Å². The van der Waals surface area contributed by atoms with E-state index >= 15 is 0 Å². The first kappa shape index (κ1) is 13.4. The van der Waals surface area contributed by atoms with Gasteiger partial charge in [0.15, 0.2) is 0 Å². The van der Waals surface area contributed by atoms with Crippen molar-refractivity contribution in [2.75, 3.05) is 0 Å². The van der Waals surface area contributed by atoms with Crippen LogP contribution < -0.4 is 5.56 Å². The number of halogens is 1. The van der Waals surface area contributed by atoms with Crippen molar-refractivity contribution < 1.29 is 4.39 Å². The minimum absolute atomic E-state index is 0.0289. The summed E-state index contributed by atoms with van der Waals surface area (Å²) in [6.07, 6.45) is 3.83. The van der Waals surface area contributed by atoms with Gasteiger partial charge >= 0.3 is 0 Å². The van der Waals surface area contributed by atoms with Gasteiger partial charge in [-0.2, -0.15) is 0 Å². The maximum Gasteiger partial charge on any atom is 0.254 e. The quantitative estimate of drug-likeness (QED) is 0.884. The first-order valence-electron chi connectivity index (χ1n) is 6.72. The monoisotopic (exact) mass is 290 g/mol. The van der Waals surface area contributed by atoms with Crippen molar-refractivity contribution in [1.29, 1.82) is 0 Å². The van der Waals surface area contributed by atoms with E-state index in [-0.39, 0.29) is 11.4 Å². The summed E-state index contributed by atoms with van der Waals surface area (Å²) in [4.78, 5) is 19.9. The van der Waals surface area contributed by atoms with E-state index < -0.39 is 0 Å². The van der Waals surface area contributed by atoms with Crippen molar-refractivity contribution in [2.24, 2.45) is 0 Å². The standard InChI is InChI=1S/C15H15FN2OS/c16-11-6-2-4-8-13(11)20-9-14-17-12-7-3-1-5-10(12)15(19)18-14/h2,4,6,8H,1,3,5,7,9H2,(H,17,18,19). The number of nitrogens with one attached hydrogen (secondary N) is 1. The molecule has 1 aromatic carbocycles. The van der Waals surface area contributed by atoms with Crippen LogP contribution in [0, 0.1) is 5.82 Å². The van der Waals surface area contributed by atoms with Gasteiger partial charge in [-0.05, 0) is 37.8 Å². The van der Waals surface area contributed by atoms with Crippen LogP contribution in [0.2, 0.25) is 0 Å². The van der Waals surface area contributed by atoms with Crippen molar-refractivity contribution >= 4 is 11.8 Å². The first-order chi connectivity index (χ1) is 9.74. The van der Waals surface area contributed by atoms with Crippen LogP contribution in [0.15, 0.2) is 34.0 Å². The van der Waals surface area contributed by atoms with E-state index in [1.807, 2.05) is 0 Å². The zero-order chi connectivity index (χ0) is 13.9. The fourth-order valence-electron chi connectivity index (χ4n) is 2.43. The number of fused-ring (bicyclic) bond motifs is 1. The Morgan fingerprint density at radius 3 is 2.90 bits per heavy atom. The average molecular weight is 290 g/mol. The molecule has 1 N–H and O–H groups in total. The molecule has 0 spiro atoms. The van der Waals surface area contributed by atoms with Crippen molar-refractivity contribution in [3.05, 3.63) is 57.5 Å². The van der Waals surface area contributed by atoms with Gasteiger partial charge in [0.1, 0.15) is 11.6 Å². The van der Waals surface area contributed by atoms with Crippen LogP contribution in [-0.4, -0.2) is 9.97 Å². The molecular formula is C15H15FN2OS. The molecule has 0 unspecified atom stereocenters. The normalized spacial score (nSPS) is 14.1. The van der Waals surface area contributed by atoms with Gasteiger partial charge in [-0.3, -0.25) is 4.79 Å². The SMILES string of the molecule is O=c1[nH]c(CSc2ccccc2F)nc2c1CCCC2. The molecule has 0 amide bonds. The topological polar surface area (TPSA) is 45.8 Å². The first-order valence-corrected chi connectivity index (χ1v) is 7.71. The molecule has 0 fully saturated rings. The highest BCUT2D eigenvalue weighted by atomic mass is 32.2. The molecule has 0 bridgehead atoms. The maximum absolute atomic E-state index is 13.5. The van der Waals surface area contributed by atoms with Crippen LogP contribution in [0.4, 0.5) is 4.39 Å². The molecular weight excluding hydrogens is 275 g/mol. The zero-order valence-corrected chi connectivity index (χ0v) is 11.8. The highest BCUT2D eigenvalue weighted by Gasteiger charge is 2.15. The van der Waals surface area contributed by atoms with E-state index in [1.54, 1.807) is 18.2 Å². The fourth-order valence-corrected chi connectivity index (χ4v) is 3.24. The summed E-state index contributed by atoms with van der Waals surface area (Å²) >= 11 is 1.35. The molecule has 5 heteroatoms. The Labute approximate surface area is 120 Å². The van der Waals surface area contributed by atoms with E-state index in [0.29, 0.717) is 16.5 Å². The number of benzene rings is 1. The lowest BCUT2D eigenvalue weighted by molar-refractivity contribution is 0.602. The molecule has 1 aromatic heterocycles. The molecule has 2 aromatic rings. The molecule has 0 saturated heterocycles. The number of hydrogen-bond donors (Lipinski definition) is 1. The van der Waals surface area contributed by atoms with E-state index in [1.165, 1.54) is 17.8 Å². The Morgan fingerprint density at radius 1 is 1.25 bits per heavy atom. The third kappa shape index (κ3) is 2.77. The number of aromatic nitrogens is 2. The van der Waals surface area contributed by atoms with Gasteiger partial charge in [0.2, 0.25) is 0 Å². The van der Waals surface area contributed by atoms with Crippen LogP contribution >= 0.6 is 11.8 Å². The Balaban J connectivity index is 1.80. The van der Waals surface area contributed by atoms with Gasteiger partial charge < -0.3 is 4.98 Å². The lowest BCUT2D eigenvalue weighted by atomic mass is 9.97. The summed E-state index contributed by atoms with van der Waals surface area (Å²) in [5, 5.41) is 0. The summed E-state index contributed by atoms with van der Waals surface area (Å²) in [5.74, 6) is 0.866. The number of rotatable bonds is 3. The van der Waals surface area contributed by atoms with Crippen molar-refractivity contribution in [3.8, 4) is 0 Å². The van der Waals surface area contributed by atoms with Crippen LogP contribution in [0.1, 0.15) is 29.9 Å². The Morgan fingerprint density at radius 2 is 2.05 bits per heavy atom. The third-order valence-electron chi connectivity index (χ3n) is 3.44. The lowest BCUT2D eigenvalue weighted by Gasteiger charge is -2.14. The smallest absolute Gasteiger partial charge is 0.254 e. The largest absolute Gasteiger partial charge is 0.310 e. The molecule has 3 nitrogen and oxygen atoms in total. The predicted molar refractivity (Wildman–Crippen MR) is 77.5 cm³/mol. The van der Waals surface area contributed by atoms with E-state index in [4.69, 9.17) is 0 Å². The number of H-pyrrole nitrogens is 1. The van der Waals surface area contributed by atoms with Gasteiger partial charge in [-0.1, -0.05) is 12.1 Å². The number of nitrogens with zero attached hydrogens (tertiary/aromatic N) is 1. The molecule has 104 valence electrons. The van der Waals surface area contributed by atoms with Gasteiger partial charge in [-0.25, -0.2) is 9.37 Å². The molecule has 0 atom stereocenters. The Kier molecular flexibility index (Phi) is 3.87. The second-order valence-electron chi connectivity index (χ2n) is 4.86. The molecule has 3 rings (SSSR count). The van der Waals surface area contributed by atoms with Crippen LogP contribution in [-0.2, 0) is 18.6 Å². The minimum atomic E-state index is -0.238. The molecule has 0 radical (unpaired) electrons. The van der Waals surface area contributed by atoms with Gasteiger partial charge in [0, 0.05) is 10.5 Å².